The number of carbonyl (C=O) groups is 2. The number of benzene rings is 2. The molecule has 2 aromatic carbocycles. The first-order chi connectivity index (χ1) is 13.0. The van der Waals surface area contributed by atoms with Gasteiger partial charge in [-0.1, -0.05) is 30.3 Å². The van der Waals surface area contributed by atoms with Crippen LogP contribution < -0.4 is 4.90 Å². The van der Waals surface area contributed by atoms with Crippen molar-refractivity contribution in [3.63, 3.8) is 0 Å². The van der Waals surface area contributed by atoms with Crippen LogP contribution in [0.4, 0.5) is 23.7 Å². The summed E-state index contributed by atoms with van der Waals surface area (Å²) in [6, 6.07) is 11.6. The number of halogens is 3. The predicted molar refractivity (Wildman–Crippen MR) is 98.1 cm³/mol. The highest BCUT2D eigenvalue weighted by atomic mass is 19.4. The van der Waals surface area contributed by atoms with Crippen LogP contribution in [0, 0.1) is 0 Å². The summed E-state index contributed by atoms with van der Waals surface area (Å²) in [5, 5.41) is 0. The number of imide groups is 1. The van der Waals surface area contributed by atoms with Crippen LogP contribution in [0.1, 0.15) is 43.4 Å². The van der Waals surface area contributed by atoms with Gasteiger partial charge in [0.25, 0.3) is 0 Å². The number of amides is 2. The number of anilines is 1. The minimum Gasteiger partial charge on any atom is -0.443 e. The molecule has 0 saturated carbocycles. The van der Waals surface area contributed by atoms with Gasteiger partial charge >= 0.3 is 12.3 Å². The molecule has 1 aliphatic heterocycles. The van der Waals surface area contributed by atoms with Gasteiger partial charge in [-0.3, -0.25) is 4.79 Å². The van der Waals surface area contributed by atoms with Gasteiger partial charge in [0.15, 0.2) is 0 Å². The SMILES string of the molecule is CC(C)(C)OC(=O)N1C(=O)C(Cc2ccc(C(F)(F)F)cc2)c2ccccc21. The molecule has 2 amide bonds. The number of fused-ring (bicyclic) bond motifs is 1. The molecule has 1 atom stereocenters. The molecule has 2 aromatic rings. The molecule has 0 radical (unpaired) electrons. The first kappa shape index (κ1) is 19.9. The molecule has 0 fully saturated rings. The highest BCUT2D eigenvalue weighted by Gasteiger charge is 2.42. The van der Waals surface area contributed by atoms with Gasteiger partial charge in [-0.05, 0) is 56.5 Å². The summed E-state index contributed by atoms with van der Waals surface area (Å²) in [5.41, 5.74) is 0.159. The van der Waals surface area contributed by atoms with Gasteiger partial charge in [-0.25, -0.2) is 9.69 Å². The number of nitrogens with zero attached hydrogens (tertiary/aromatic N) is 1. The Labute approximate surface area is 160 Å². The molecule has 1 heterocycles. The molecule has 7 heteroatoms. The van der Waals surface area contributed by atoms with Gasteiger partial charge in [0.05, 0.1) is 17.2 Å². The molecule has 0 saturated heterocycles. The van der Waals surface area contributed by atoms with E-state index in [2.05, 4.69) is 0 Å². The van der Waals surface area contributed by atoms with Crippen molar-refractivity contribution >= 4 is 17.7 Å². The number of carbonyl (C=O) groups excluding carboxylic acids is 2. The van der Waals surface area contributed by atoms with E-state index in [9.17, 15) is 22.8 Å². The Morgan fingerprint density at radius 2 is 1.64 bits per heavy atom. The van der Waals surface area contributed by atoms with Gasteiger partial charge in [0.2, 0.25) is 5.91 Å². The van der Waals surface area contributed by atoms with Gasteiger partial charge < -0.3 is 4.74 Å². The molecule has 0 aromatic heterocycles. The van der Waals surface area contributed by atoms with Crippen LogP contribution in [0.3, 0.4) is 0 Å². The van der Waals surface area contributed by atoms with E-state index in [1.54, 1.807) is 45.0 Å². The second-order valence-corrected chi connectivity index (χ2v) is 7.66. The van der Waals surface area contributed by atoms with E-state index >= 15 is 0 Å². The van der Waals surface area contributed by atoms with E-state index in [-0.39, 0.29) is 6.42 Å². The zero-order valence-electron chi connectivity index (χ0n) is 15.7. The Morgan fingerprint density at radius 1 is 1.04 bits per heavy atom. The Balaban J connectivity index is 1.88. The van der Waals surface area contributed by atoms with Crippen molar-refractivity contribution in [3.8, 4) is 0 Å². The van der Waals surface area contributed by atoms with Crippen molar-refractivity contribution < 1.29 is 27.5 Å². The van der Waals surface area contributed by atoms with Crippen molar-refractivity contribution in [2.75, 3.05) is 4.90 Å². The number of alkyl halides is 3. The largest absolute Gasteiger partial charge is 0.443 e. The molecule has 1 unspecified atom stereocenters. The van der Waals surface area contributed by atoms with Crippen LogP contribution in [-0.2, 0) is 22.1 Å². The third kappa shape index (κ3) is 4.03. The molecular weight excluding hydrogens is 371 g/mol. The zero-order valence-corrected chi connectivity index (χ0v) is 15.7. The Morgan fingerprint density at radius 3 is 2.21 bits per heavy atom. The van der Waals surface area contributed by atoms with Gasteiger partial charge in [-0.15, -0.1) is 0 Å². The summed E-state index contributed by atoms with van der Waals surface area (Å²) in [6.07, 6.45) is -4.99. The van der Waals surface area contributed by atoms with Crippen LogP contribution in [0.15, 0.2) is 48.5 Å². The van der Waals surface area contributed by atoms with E-state index in [4.69, 9.17) is 4.74 Å². The second kappa shape index (κ2) is 6.96. The number of rotatable bonds is 2. The quantitative estimate of drug-likeness (QED) is 0.697. The lowest BCUT2D eigenvalue weighted by atomic mass is 9.93. The third-order valence-electron chi connectivity index (χ3n) is 4.37. The molecule has 0 N–H and O–H groups in total. The highest BCUT2D eigenvalue weighted by molar-refractivity contribution is 6.19. The Kier molecular flexibility index (Phi) is 4.95. The smallest absolute Gasteiger partial charge is 0.421 e. The van der Waals surface area contributed by atoms with E-state index in [0.717, 1.165) is 17.0 Å². The van der Waals surface area contributed by atoms with Crippen molar-refractivity contribution in [1.82, 2.24) is 0 Å². The summed E-state index contributed by atoms with van der Waals surface area (Å²) in [5.74, 6) is -1.11. The van der Waals surface area contributed by atoms with Crippen LogP contribution >= 0.6 is 0 Å². The van der Waals surface area contributed by atoms with Gasteiger partial charge in [0.1, 0.15) is 5.60 Å². The lowest BCUT2D eigenvalue weighted by molar-refractivity contribution is -0.137. The third-order valence-corrected chi connectivity index (χ3v) is 4.37. The summed E-state index contributed by atoms with van der Waals surface area (Å²) in [7, 11) is 0. The molecule has 0 spiro atoms. The minimum atomic E-state index is -4.41. The topological polar surface area (TPSA) is 46.6 Å². The second-order valence-electron chi connectivity index (χ2n) is 7.66. The number of ether oxygens (including phenoxy) is 1. The van der Waals surface area contributed by atoms with E-state index in [1.165, 1.54) is 12.1 Å². The monoisotopic (exact) mass is 391 g/mol. The van der Waals surface area contributed by atoms with E-state index in [1.807, 2.05) is 0 Å². The van der Waals surface area contributed by atoms with Crippen LogP contribution in [0.5, 0.6) is 0 Å². The molecule has 28 heavy (non-hydrogen) atoms. The maximum Gasteiger partial charge on any atom is 0.421 e. The maximum atomic E-state index is 13.0. The first-order valence-electron chi connectivity index (χ1n) is 8.79. The average molecular weight is 391 g/mol. The van der Waals surface area contributed by atoms with Gasteiger partial charge in [-0.2, -0.15) is 13.2 Å². The van der Waals surface area contributed by atoms with E-state index < -0.39 is 35.3 Å². The first-order valence-corrected chi connectivity index (χ1v) is 8.79. The molecule has 1 aliphatic rings. The molecule has 0 aliphatic carbocycles. The number of hydrogen-bond acceptors (Lipinski definition) is 3. The lowest BCUT2D eigenvalue weighted by Gasteiger charge is -2.24. The van der Waals surface area contributed by atoms with E-state index in [0.29, 0.717) is 16.8 Å². The maximum absolute atomic E-state index is 13.0. The molecule has 148 valence electrons. The van der Waals surface area contributed by atoms with Crippen LogP contribution in [0.25, 0.3) is 0 Å². The molecule has 3 rings (SSSR count). The summed E-state index contributed by atoms with van der Waals surface area (Å²) >= 11 is 0. The van der Waals surface area contributed by atoms with Crippen molar-refractivity contribution in [3.05, 3.63) is 65.2 Å². The number of hydrogen-bond donors (Lipinski definition) is 0. The summed E-state index contributed by atoms with van der Waals surface area (Å²) in [4.78, 5) is 26.5. The van der Waals surface area contributed by atoms with Crippen molar-refractivity contribution in [2.45, 2.75) is 44.9 Å². The van der Waals surface area contributed by atoms with Crippen LogP contribution in [0.2, 0.25) is 0 Å². The molecule has 4 nitrogen and oxygen atoms in total. The average Bonchev–Trinajstić information content (AvgIpc) is 2.85. The predicted octanol–water partition coefficient (Wildman–Crippen LogP) is 5.31. The fourth-order valence-electron chi connectivity index (χ4n) is 3.15. The fourth-order valence-corrected chi connectivity index (χ4v) is 3.15. The van der Waals surface area contributed by atoms with Gasteiger partial charge in [0, 0.05) is 0 Å². The normalized spacial score (nSPS) is 16.9. The van der Waals surface area contributed by atoms with Crippen molar-refractivity contribution in [2.24, 2.45) is 0 Å². The minimum absolute atomic E-state index is 0.188. The van der Waals surface area contributed by atoms with Crippen LogP contribution in [-0.4, -0.2) is 17.6 Å². The Bertz CT molecular complexity index is 898. The zero-order chi connectivity index (χ0) is 20.7. The molecular formula is C21H20F3NO3. The highest BCUT2D eigenvalue weighted by Crippen LogP contribution is 2.40. The summed E-state index contributed by atoms with van der Waals surface area (Å²) in [6.45, 7) is 5.12. The fraction of sp³-hybridized carbons (Fsp3) is 0.333. The number of para-hydroxylation sites is 1. The van der Waals surface area contributed by atoms with Crippen molar-refractivity contribution in [1.29, 1.82) is 0 Å². The Hall–Kier alpha value is -2.83. The molecule has 0 bridgehead atoms. The summed E-state index contributed by atoms with van der Waals surface area (Å²) < 4.78 is 43.6. The lowest BCUT2D eigenvalue weighted by Crippen LogP contribution is -2.39. The standard InChI is InChI=1S/C21H20F3NO3/c1-20(2,3)28-19(27)25-17-7-5-4-6-15(17)16(18(25)26)12-13-8-10-14(11-9-13)21(22,23)24/h4-11,16H,12H2,1-3H3.